The lowest BCUT2D eigenvalue weighted by Gasteiger charge is -2.09. The Morgan fingerprint density at radius 3 is 2.88 bits per heavy atom. The van der Waals surface area contributed by atoms with E-state index >= 15 is 0 Å². The van der Waals surface area contributed by atoms with Crippen LogP contribution in [0.3, 0.4) is 0 Å². The molecule has 0 heterocycles. The minimum Gasteiger partial charge on any atom is -0.497 e. The molecule has 0 aliphatic rings. The molecular formula is C12H17FN2O2. The van der Waals surface area contributed by atoms with Crippen LogP contribution < -0.4 is 15.8 Å². The molecule has 94 valence electrons. The average Bonchev–Trinajstić information content (AvgIpc) is 2.29. The number of rotatable bonds is 5. The van der Waals surface area contributed by atoms with Gasteiger partial charge in [-0.05, 0) is 25.5 Å². The van der Waals surface area contributed by atoms with Gasteiger partial charge in [-0.2, -0.15) is 0 Å². The molecule has 1 atom stereocenters. The first kappa shape index (κ1) is 13.4. The maximum absolute atomic E-state index is 13.4. The Kier molecular flexibility index (Phi) is 4.90. The topological polar surface area (TPSA) is 64.3 Å². The van der Waals surface area contributed by atoms with Crippen molar-refractivity contribution in [3.63, 3.8) is 0 Å². The number of hydrogen-bond acceptors (Lipinski definition) is 3. The van der Waals surface area contributed by atoms with Crippen molar-refractivity contribution in [3.8, 4) is 5.75 Å². The number of ether oxygens (including phenoxy) is 1. The molecule has 0 bridgehead atoms. The summed E-state index contributed by atoms with van der Waals surface area (Å²) in [5.74, 6) is -0.247. The number of nitrogens with one attached hydrogen (secondary N) is 1. The van der Waals surface area contributed by atoms with Gasteiger partial charge < -0.3 is 15.8 Å². The van der Waals surface area contributed by atoms with Crippen LogP contribution in [-0.2, 0) is 4.79 Å². The van der Waals surface area contributed by atoms with E-state index in [0.29, 0.717) is 12.2 Å². The Bertz CT molecular complexity index is 394. The van der Waals surface area contributed by atoms with Gasteiger partial charge in [-0.1, -0.05) is 0 Å². The SMILES string of the molecule is COc1ccc(F)c(NC(=O)CCC(C)N)c1. The fourth-order valence-electron chi connectivity index (χ4n) is 1.30. The van der Waals surface area contributed by atoms with Gasteiger partial charge >= 0.3 is 0 Å². The third kappa shape index (κ3) is 4.40. The summed E-state index contributed by atoms with van der Waals surface area (Å²) in [6.07, 6.45) is 0.839. The molecule has 0 saturated carbocycles. The van der Waals surface area contributed by atoms with E-state index in [1.54, 1.807) is 0 Å². The zero-order valence-corrected chi connectivity index (χ0v) is 10.00. The van der Waals surface area contributed by atoms with E-state index in [2.05, 4.69) is 5.32 Å². The van der Waals surface area contributed by atoms with Gasteiger partial charge in [-0.15, -0.1) is 0 Å². The predicted molar refractivity (Wildman–Crippen MR) is 64.5 cm³/mol. The number of amides is 1. The molecule has 4 nitrogen and oxygen atoms in total. The molecule has 1 aromatic carbocycles. The fourth-order valence-corrected chi connectivity index (χ4v) is 1.30. The second-order valence-corrected chi connectivity index (χ2v) is 3.91. The second kappa shape index (κ2) is 6.20. The first-order valence-corrected chi connectivity index (χ1v) is 5.42. The summed E-state index contributed by atoms with van der Waals surface area (Å²) in [6, 6.07) is 4.14. The Labute approximate surface area is 100.0 Å². The molecule has 17 heavy (non-hydrogen) atoms. The van der Waals surface area contributed by atoms with Crippen LogP contribution in [0.1, 0.15) is 19.8 Å². The van der Waals surface area contributed by atoms with Crippen molar-refractivity contribution in [1.82, 2.24) is 0 Å². The minimum atomic E-state index is -0.486. The Morgan fingerprint density at radius 2 is 2.29 bits per heavy atom. The predicted octanol–water partition coefficient (Wildman–Crippen LogP) is 1.90. The van der Waals surface area contributed by atoms with E-state index in [-0.39, 0.29) is 24.1 Å². The van der Waals surface area contributed by atoms with E-state index in [0.717, 1.165) is 0 Å². The molecule has 0 spiro atoms. The van der Waals surface area contributed by atoms with E-state index < -0.39 is 5.82 Å². The maximum Gasteiger partial charge on any atom is 0.224 e. The lowest BCUT2D eigenvalue weighted by atomic mass is 10.2. The zero-order valence-electron chi connectivity index (χ0n) is 10.00. The highest BCUT2D eigenvalue weighted by molar-refractivity contribution is 5.91. The van der Waals surface area contributed by atoms with Gasteiger partial charge in [0.15, 0.2) is 0 Å². The zero-order chi connectivity index (χ0) is 12.8. The van der Waals surface area contributed by atoms with Gasteiger partial charge in [0.1, 0.15) is 11.6 Å². The summed E-state index contributed by atoms with van der Waals surface area (Å²) in [4.78, 5) is 11.5. The maximum atomic E-state index is 13.4. The molecule has 1 unspecified atom stereocenters. The largest absolute Gasteiger partial charge is 0.497 e. The van der Waals surface area contributed by atoms with Crippen LogP contribution >= 0.6 is 0 Å². The van der Waals surface area contributed by atoms with Crippen molar-refractivity contribution in [2.45, 2.75) is 25.8 Å². The molecule has 0 aliphatic carbocycles. The molecule has 1 aromatic rings. The molecule has 1 amide bonds. The summed E-state index contributed by atoms with van der Waals surface area (Å²) >= 11 is 0. The van der Waals surface area contributed by atoms with Crippen LogP contribution in [0.4, 0.5) is 10.1 Å². The van der Waals surface area contributed by atoms with Crippen LogP contribution in [-0.4, -0.2) is 19.1 Å². The molecule has 3 N–H and O–H groups in total. The smallest absolute Gasteiger partial charge is 0.224 e. The van der Waals surface area contributed by atoms with Crippen molar-refractivity contribution in [2.75, 3.05) is 12.4 Å². The van der Waals surface area contributed by atoms with Crippen molar-refractivity contribution in [3.05, 3.63) is 24.0 Å². The number of nitrogens with two attached hydrogens (primary N) is 1. The average molecular weight is 240 g/mol. The third-order valence-corrected chi connectivity index (χ3v) is 2.27. The van der Waals surface area contributed by atoms with Gasteiger partial charge in [0.2, 0.25) is 5.91 Å². The fraction of sp³-hybridized carbons (Fsp3) is 0.417. The van der Waals surface area contributed by atoms with Gasteiger partial charge in [-0.3, -0.25) is 4.79 Å². The van der Waals surface area contributed by atoms with Crippen LogP contribution in [0.25, 0.3) is 0 Å². The van der Waals surface area contributed by atoms with Gasteiger partial charge in [0.05, 0.1) is 12.8 Å². The number of hydrogen-bond donors (Lipinski definition) is 2. The molecule has 0 radical (unpaired) electrons. The van der Waals surface area contributed by atoms with Crippen molar-refractivity contribution in [2.24, 2.45) is 5.73 Å². The molecule has 0 aromatic heterocycles. The lowest BCUT2D eigenvalue weighted by Crippen LogP contribution is -2.19. The summed E-state index contributed by atoms with van der Waals surface area (Å²) in [7, 11) is 1.48. The summed E-state index contributed by atoms with van der Waals surface area (Å²) in [6.45, 7) is 1.82. The monoisotopic (exact) mass is 240 g/mol. The minimum absolute atomic E-state index is 0.0455. The molecular weight excluding hydrogens is 223 g/mol. The number of carbonyl (C=O) groups is 1. The molecule has 0 aliphatic heterocycles. The Hall–Kier alpha value is -1.62. The number of benzene rings is 1. The van der Waals surface area contributed by atoms with Crippen LogP contribution in [0, 0.1) is 5.82 Å². The van der Waals surface area contributed by atoms with Crippen molar-refractivity contribution >= 4 is 11.6 Å². The molecule has 0 saturated heterocycles. The highest BCUT2D eigenvalue weighted by Gasteiger charge is 2.09. The first-order valence-electron chi connectivity index (χ1n) is 5.42. The number of methoxy groups -OCH3 is 1. The molecule has 1 rings (SSSR count). The van der Waals surface area contributed by atoms with Crippen LogP contribution in [0.5, 0.6) is 5.75 Å². The summed E-state index contributed by atoms with van der Waals surface area (Å²) in [5, 5.41) is 2.49. The van der Waals surface area contributed by atoms with Gasteiger partial charge in [0, 0.05) is 18.5 Å². The lowest BCUT2D eigenvalue weighted by molar-refractivity contribution is -0.116. The van der Waals surface area contributed by atoms with E-state index in [9.17, 15) is 9.18 Å². The van der Waals surface area contributed by atoms with E-state index in [1.165, 1.54) is 25.3 Å². The van der Waals surface area contributed by atoms with Gasteiger partial charge in [0.25, 0.3) is 0 Å². The molecule has 0 fully saturated rings. The highest BCUT2D eigenvalue weighted by Crippen LogP contribution is 2.21. The number of anilines is 1. The second-order valence-electron chi connectivity index (χ2n) is 3.91. The first-order chi connectivity index (χ1) is 8.02. The number of halogens is 1. The third-order valence-electron chi connectivity index (χ3n) is 2.27. The summed E-state index contributed by atoms with van der Waals surface area (Å²) in [5.41, 5.74) is 5.66. The van der Waals surface area contributed by atoms with Crippen molar-refractivity contribution < 1.29 is 13.9 Å². The van der Waals surface area contributed by atoms with Crippen LogP contribution in [0.2, 0.25) is 0 Å². The van der Waals surface area contributed by atoms with Crippen LogP contribution in [0.15, 0.2) is 18.2 Å². The Balaban J connectivity index is 2.64. The van der Waals surface area contributed by atoms with E-state index in [1.807, 2.05) is 6.92 Å². The number of carbonyl (C=O) groups excluding carboxylic acids is 1. The summed E-state index contributed by atoms with van der Waals surface area (Å²) < 4.78 is 18.3. The van der Waals surface area contributed by atoms with Crippen molar-refractivity contribution in [1.29, 1.82) is 0 Å². The quantitative estimate of drug-likeness (QED) is 0.826. The Morgan fingerprint density at radius 1 is 1.59 bits per heavy atom. The van der Waals surface area contributed by atoms with Gasteiger partial charge in [-0.25, -0.2) is 4.39 Å². The van der Waals surface area contributed by atoms with E-state index in [4.69, 9.17) is 10.5 Å². The normalized spacial score (nSPS) is 12.0. The highest BCUT2D eigenvalue weighted by atomic mass is 19.1. The standard InChI is InChI=1S/C12H17FN2O2/c1-8(14)3-6-12(16)15-11-7-9(17-2)4-5-10(11)13/h4-5,7-8H,3,6,14H2,1-2H3,(H,15,16). The molecule has 5 heteroatoms.